The Balaban J connectivity index is 1.28. The van der Waals surface area contributed by atoms with Crippen LogP contribution in [0.3, 0.4) is 0 Å². The summed E-state index contributed by atoms with van der Waals surface area (Å²) in [6, 6.07) is 12.5. The molecule has 0 aliphatic heterocycles. The van der Waals surface area contributed by atoms with Gasteiger partial charge in [0.1, 0.15) is 11.0 Å². The standard InChI is InChI=1S/C64H60F6N4O2/c1-55(2)25-57(5,6)47-33(55)21-29-37-51(73-35-19-27(23-71)45-39(41(35)43(47)49(29)73)31-15-17-61(45,13)59(31,9)10)54(76-64(68,69)70)38-30-22-34-48(58(7,8)26-56(34,3)4)44-42-36(74(50(30)44)52(38)53(37)75-63(65,66)67)20-28(24-72)46-40(42)32-16-18-62(46,14)60(32,11)12/h19-22,31-32H,15-18,25-26H2,1-14H3. The van der Waals surface area contributed by atoms with Crippen LogP contribution < -0.4 is 9.47 Å². The summed E-state index contributed by atoms with van der Waals surface area (Å²) in [5, 5.41) is 26.0. The number of hydrogen-bond acceptors (Lipinski definition) is 4. The van der Waals surface area contributed by atoms with Crippen molar-refractivity contribution in [1.82, 2.24) is 8.80 Å². The molecule has 76 heavy (non-hydrogen) atoms. The molecular formula is C64H60F6N4O2. The van der Waals surface area contributed by atoms with Crippen molar-refractivity contribution >= 4 is 76.2 Å². The average Bonchev–Trinajstić information content (AvgIpc) is 4.37. The van der Waals surface area contributed by atoms with E-state index in [9.17, 15) is 10.5 Å². The third-order valence-electron chi connectivity index (χ3n) is 22.6. The zero-order chi connectivity index (χ0) is 54.2. The van der Waals surface area contributed by atoms with E-state index in [4.69, 9.17) is 9.47 Å². The van der Waals surface area contributed by atoms with Crippen LogP contribution in [0.2, 0.25) is 0 Å². The molecule has 390 valence electrons. The average molecular weight is 1030 g/mol. The molecule has 2 saturated carbocycles. The van der Waals surface area contributed by atoms with E-state index in [1.165, 1.54) is 0 Å². The molecule has 6 aliphatic carbocycles. The largest absolute Gasteiger partial charge is 0.573 e. The quantitative estimate of drug-likeness (QED) is 0.162. The molecule has 6 aliphatic rings. The highest BCUT2D eigenvalue weighted by molar-refractivity contribution is 6.35. The highest BCUT2D eigenvalue weighted by Crippen LogP contribution is 2.73. The number of nitriles is 2. The van der Waals surface area contributed by atoms with Crippen molar-refractivity contribution in [2.75, 3.05) is 0 Å². The van der Waals surface area contributed by atoms with Crippen molar-refractivity contribution < 1.29 is 35.8 Å². The molecule has 4 aromatic heterocycles. The van der Waals surface area contributed by atoms with Gasteiger partial charge in [-0.2, -0.15) is 10.5 Å². The Morgan fingerprint density at radius 2 is 0.829 bits per heavy atom. The van der Waals surface area contributed by atoms with Crippen LogP contribution in [-0.4, -0.2) is 21.5 Å². The minimum Gasteiger partial charge on any atom is -0.403 e. The van der Waals surface area contributed by atoms with Gasteiger partial charge in [0.2, 0.25) is 0 Å². The second-order valence-electron chi connectivity index (χ2n) is 28.6. The molecule has 4 unspecified atom stereocenters. The summed E-state index contributed by atoms with van der Waals surface area (Å²) in [6.07, 6.45) is -5.80. The maximum absolute atomic E-state index is 16.0. The first kappa shape index (κ1) is 47.1. The highest BCUT2D eigenvalue weighted by atomic mass is 19.4. The number of fused-ring (bicyclic) bond motifs is 28. The molecule has 4 bridgehead atoms. The summed E-state index contributed by atoms with van der Waals surface area (Å²) >= 11 is 0. The number of halogens is 6. The normalized spacial score (nSPS) is 26.8. The monoisotopic (exact) mass is 1030 g/mol. The fourth-order valence-electron chi connectivity index (χ4n) is 19.7. The van der Waals surface area contributed by atoms with Gasteiger partial charge >= 0.3 is 12.7 Å². The summed E-state index contributed by atoms with van der Waals surface area (Å²) in [5.74, 6) is -1.25. The number of alkyl halides is 6. The Bertz CT molecular complexity index is 4130. The molecule has 15 rings (SSSR count). The van der Waals surface area contributed by atoms with Gasteiger partial charge in [-0.05, 0) is 162 Å². The molecule has 2 fully saturated rings. The number of nitrogens with zero attached hydrogens (tertiary/aromatic N) is 4. The first-order valence-electron chi connectivity index (χ1n) is 27.1. The van der Waals surface area contributed by atoms with E-state index >= 15 is 26.3 Å². The predicted octanol–water partition coefficient (Wildman–Crippen LogP) is 17.8. The van der Waals surface area contributed by atoms with E-state index in [1.54, 1.807) is 20.9 Å². The van der Waals surface area contributed by atoms with Gasteiger partial charge in [0.25, 0.3) is 0 Å². The minimum absolute atomic E-state index is 0.00253. The predicted molar refractivity (Wildman–Crippen MR) is 286 cm³/mol. The highest BCUT2D eigenvalue weighted by Gasteiger charge is 2.63. The molecule has 0 N–H and O–H groups in total. The van der Waals surface area contributed by atoms with E-state index in [-0.39, 0.29) is 55.3 Å². The van der Waals surface area contributed by atoms with Crippen LogP contribution in [0.4, 0.5) is 26.3 Å². The summed E-state index contributed by atoms with van der Waals surface area (Å²) in [4.78, 5) is 0. The lowest BCUT2D eigenvalue weighted by Crippen LogP contribution is -2.31. The van der Waals surface area contributed by atoms with Crippen LogP contribution in [0.15, 0.2) is 24.3 Å². The van der Waals surface area contributed by atoms with Gasteiger partial charge in [0.15, 0.2) is 11.5 Å². The summed E-state index contributed by atoms with van der Waals surface area (Å²) in [6.45, 7) is 30.7. The minimum atomic E-state index is -5.32. The number of aromatic nitrogens is 2. The lowest BCUT2D eigenvalue weighted by atomic mass is 9.68. The fraction of sp³-hybridized carbons (Fsp3) is 0.500. The van der Waals surface area contributed by atoms with Crippen molar-refractivity contribution in [2.45, 2.75) is 193 Å². The van der Waals surface area contributed by atoms with Gasteiger partial charge in [-0.15, -0.1) is 26.3 Å². The van der Waals surface area contributed by atoms with Crippen molar-refractivity contribution in [3.63, 3.8) is 0 Å². The maximum atomic E-state index is 16.0. The number of benzene rings is 5. The molecule has 6 nitrogen and oxygen atoms in total. The van der Waals surface area contributed by atoms with E-state index < -0.39 is 45.9 Å². The lowest BCUT2D eigenvalue weighted by molar-refractivity contribution is -0.275. The molecular weight excluding hydrogens is 971 g/mol. The van der Waals surface area contributed by atoms with Gasteiger partial charge in [0, 0.05) is 32.3 Å². The summed E-state index contributed by atoms with van der Waals surface area (Å²) < 4.78 is 110. The zero-order valence-electron chi connectivity index (χ0n) is 45.6. The molecule has 5 aromatic carbocycles. The first-order chi connectivity index (χ1) is 35.1. The Morgan fingerprint density at radius 1 is 0.474 bits per heavy atom. The van der Waals surface area contributed by atoms with Crippen molar-refractivity contribution in [2.24, 2.45) is 10.8 Å². The molecule has 9 aromatic rings. The summed E-state index contributed by atoms with van der Waals surface area (Å²) in [5.41, 5.74) is 6.85. The van der Waals surface area contributed by atoms with Gasteiger partial charge in [-0.25, -0.2) is 0 Å². The Kier molecular flexibility index (Phi) is 7.89. The summed E-state index contributed by atoms with van der Waals surface area (Å²) in [7, 11) is 0. The van der Waals surface area contributed by atoms with Gasteiger partial charge in [0.05, 0.1) is 56.1 Å². The molecule has 0 spiro atoms. The van der Waals surface area contributed by atoms with Crippen molar-refractivity contribution in [1.29, 1.82) is 10.5 Å². The van der Waals surface area contributed by atoms with Gasteiger partial charge in [-0.3, -0.25) is 0 Å². The lowest BCUT2D eigenvalue weighted by Gasteiger charge is -2.35. The van der Waals surface area contributed by atoms with Crippen molar-refractivity contribution in [3.05, 3.63) is 79.9 Å². The van der Waals surface area contributed by atoms with E-state index in [0.717, 1.165) is 91.7 Å². The number of ether oxygens (including phenoxy) is 2. The SMILES string of the molecule is CC1(C)CC(C)(C)c2c1cc1c3c(OC(F)(F)F)c4c(c(OC(F)(F)F)c3n3c5cc(C#N)c6c(c5c2c13)C1CCC6(C)C1(C)C)c1cc2c(c3c5c6c(c(C#N)cc5n4c13)C1(C)CCC6C1(C)C)C(C)(C)CC2(C)C. The van der Waals surface area contributed by atoms with Crippen LogP contribution in [0.5, 0.6) is 11.5 Å². The molecule has 0 radical (unpaired) electrons. The molecule has 0 amide bonds. The second kappa shape index (κ2) is 12.7. The number of hydrogen-bond donors (Lipinski definition) is 0. The van der Waals surface area contributed by atoms with Crippen LogP contribution in [0.25, 0.3) is 76.2 Å². The van der Waals surface area contributed by atoms with E-state index in [0.29, 0.717) is 56.8 Å². The topological polar surface area (TPSA) is 74.9 Å². The Hall–Kier alpha value is -6.14. The zero-order valence-corrected chi connectivity index (χ0v) is 45.6. The molecule has 4 heterocycles. The Morgan fingerprint density at radius 3 is 1.16 bits per heavy atom. The molecule has 12 heteroatoms. The van der Waals surface area contributed by atoms with Crippen LogP contribution in [0.1, 0.15) is 203 Å². The second-order valence-corrected chi connectivity index (χ2v) is 28.6. The third kappa shape index (κ3) is 4.86. The molecule has 0 saturated heterocycles. The molecule has 4 atom stereocenters. The Labute approximate surface area is 436 Å². The smallest absolute Gasteiger partial charge is 0.403 e. The number of rotatable bonds is 2. The van der Waals surface area contributed by atoms with Crippen molar-refractivity contribution in [3.8, 4) is 23.6 Å². The van der Waals surface area contributed by atoms with E-state index in [2.05, 4.69) is 109 Å². The van der Waals surface area contributed by atoms with Crippen LogP contribution in [0, 0.1) is 33.5 Å². The van der Waals surface area contributed by atoms with Gasteiger partial charge in [-0.1, -0.05) is 96.9 Å². The fourth-order valence-corrected chi connectivity index (χ4v) is 19.7. The third-order valence-corrected chi connectivity index (χ3v) is 22.6. The van der Waals surface area contributed by atoms with Crippen LogP contribution in [-0.2, 0) is 32.5 Å². The maximum Gasteiger partial charge on any atom is 0.573 e. The van der Waals surface area contributed by atoms with Gasteiger partial charge < -0.3 is 18.3 Å². The van der Waals surface area contributed by atoms with Crippen LogP contribution >= 0.6 is 0 Å². The first-order valence-corrected chi connectivity index (χ1v) is 27.1. The van der Waals surface area contributed by atoms with E-state index in [1.807, 2.05) is 12.1 Å².